The minimum atomic E-state index is -4.47. The molecule has 0 bridgehead atoms. The average molecular weight is 506 g/mol. The molecule has 0 aromatic heterocycles. The molecule has 1 aliphatic rings. The third-order valence-electron chi connectivity index (χ3n) is 6.21. The zero-order chi connectivity index (χ0) is 26.3. The molecule has 10 heteroatoms. The van der Waals surface area contributed by atoms with E-state index in [1.165, 1.54) is 19.2 Å². The van der Waals surface area contributed by atoms with Crippen molar-refractivity contribution in [2.24, 2.45) is 5.92 Å². The first kappa shape index (κ1) is 27.2. The van der Waals surface area contributed by atoms with Crippen LogP contribution in [0.25, 0.3) is 0 Å². The van der Waals surface area contributed by atoms with Gasteiger partial charge in [-0.15, -0.1) is 0 Å². The topological polar surface area (TPSA) is 87.7 Å². The maximum atomic E-state index is 12.9. The monoisotopic (exact) mass is 505 g/mol. The number of benzene rings is 2. The van der Waals surface area contributed by atoms with Crippen molar-refractivity contribution < 1.29 is 32.3 Å². The van der Waals surface area contributed by atoms with Crippen LogP contribution in [0, 0.1) is 12.8 Å². The number of halogens is 3. The molecule has 1 fully saturated rings. The third-order valence-corrected chi connectivity index (χ3v) is 6.21. The number of likely N-dealkylation sites (tertiary alicyclic amines) is 1. The molecule has 1 saturated heterocycles. The van der Waals surface area contributed by atoms with Crippen molar-refractivity contribution in [1.82, 2.24) is 15.5 Å². The molecule has 2 N–H and O–H groups in total. The second-order valence-corrected chi connectivity index (χ2v) is 8.81. The summed E-state index contributed by atoms with van der Waals surface area (Å²) in [5.74, 6) is -1.29. The Balaban J connectivity index is 1.67. The van der Waals surface area contributed by atoms with Crippen molar-refractivity contribution in [2.75, 3.05) is 33.4 Å². The van der Waals surface area contributed by atoms with Crippen molar-refractivity contribution >= 4 is 17.7 Å². The van der Waals surface area contributed by atoms with E-state index in [2.05, 4.69) is 10.6 Å². The number of hydrogen-bond donors (Lipinski definition) is 2. The Morgan fingerprint density at radius 3 is 2.31 bits per heavy atom. The maximum Gasteiger partial charge on any atom is 0.416 e. The van der Waals surface area contributed by atoms with Gasteiger partial charge >= 0.3 is 6.18 Å². The number of nitrogens with zero attached hydrogens (tertiary/aromatic N) is 1. The van der Waals surface area contributed by atoms with E-state index in [-0.39, 0.29) is 35.7 Å². The lowest BCUT2D eigenvalue weighted by Gasteiger charge is -2.36. The predicted molar refractivity (Wildman–Crippen MR) is 127 cm³/mol. The van der Waals surface area contributed by atoms with Crippen LogP contribution in [0.3, 0.4) is 0 Å². The van der Waals surface area contributed by atoms with E-state index in [9.17, 15) is 27.6 Å². The molecule has 0 unspecified atom stereocenters. The third kappa shape index (κ3) is 7.07. The highest BCUT2D eigenvalue weighted by atomic mass is 19.4. The summed E-state index contributed by atoms with van der Waals surface area (Å²) in [6.07, 6.45) is -3.58. The lowest BCUT2D eigenvalue weighted by molar-refractivity contribution is -0.137. The number of nitrogens with one attached hydrogen (secondary N) is 2. The fourth-order valence-corrected chi connectivity index (χ4v) is 4.21. The van der Waals surface area contributed by atoms with Crippen molar-refractivity contribution in [3.63, 3.8) is 0 Å². The average Bonchev–Trinajstić information content (AvgIpc) is 2.86. The summed E-state index contributed by atoms with van der Waals surface area (Å²) < 4.78 is 43.4. The first-order chi connectivity index (χ1) is 17.1. The quantitative estimate of drug-likeness (QED) is 0.539. The summed E-state index contributed by atoms with van der Waals surface area (Å²) in [6.45, 7) is 3.11. The Morgan fingerprint density at radius 2 is 1.72 bits per heavy atom. The summed E-state index contributed by atoms with van der Waals surface area (Å²) in [5.41, 5.74) is 0.714. The van der Waals surface area contributed by atoms with Gasteiger partial charge in [-0.25, -0.2) is 0 Å². The molecular formula is C26H30F3N3O4. The molecule has 7 nitrogen and oxygen atoms in total. The maximum absolute atomic E-state index is 12.9. The molecule has 194 valence electrons. The van der Waals surface area contributed by atoms with Crippen LogP contribution in [0.5, 0.6) is 0 Å². The van der Waals surface area contributed by atoms with Gasteiger partial charge in [0.2, 0.25) is 5.91 Å². The number of methoxy groups -OCH3 is 1. The van der Waals surface area contributed by atoms with Crippen LogP contribution in [0.1, 0.15) is 44.7 Å². The molecule has 3 rings (SSSR count). The fraction of sp³-hybridized carbons (Fsp3) is 0.423. The predicted octanol–water partition coefficient (Wildman–Crippen LogP) is 3.43. The Kier molecular flexibility index (Phi) is 9.08. The van der Waals surface area contributed by atoms with E-state index in [0.717, 1.165) is 17.7 Å². The number of alkyl halides is 3. The van der Waals surface area contributed by atoms with E-state index >= 15 is 0 Å². The van der Waals surface area contributed by atoms with Gasteiger partial charge in [-0.2, -0.15) is 13.2 Å². The molecule has 2 aromatic carbocycles. The highest BCUT2D eigenvalue weighted by molar-refractivity contribution is 5.98. The first-order valence-electron chi connectivity index (χ1n) is 11.7. The minimum Gasteiger partial charge on any atom is -0.383 e. The highest BCUT2D eigenvalue weighted by Crippen LogP contribution is 2.29. The fourth-order valence-electron chi connectivity index (χ4n) is 4.21. The molecule has 2 aromatic rings. The smallest absolute Gasteiger partial charge is 0.383 e. The van der Waals surface area contributed by atoms with Crippen LogP contribution in [-0.4, -0.2) is 62.0 Å². The van der Waals surface area contributed by atoms with Gasteiger partial charge in [-0.05, 0) is 62.1 Å². The van der Waals surface area contributed by atoms with Gasteiger partial charge in [0.05, 0.1) is 12.2 Å². The normalized spacial score (nSPS) is 15.3. The van der Waals surface area contributed by atoms with Gasteiger partial charge in [-0.3, -0.25) is 14.4 Å². The summed E-state index contributed by atoms with van der Waals surface area (Å²) in [6, 6.07) is 10.4. The lowest BCUT2D eigenvalue weighted by Crippen LogP contribution is -2.54. The standard InChI is InChI=1S/C26H30F3N3O4/c1-17-4-3-5-20(16-17)23(33)31-22(24(34)30-12-15-36-2)18-10-13-32(14-11-18)25(35)19-6-8-21(9-7-19)26(27,28)29/h3-9,16,18,22H,10-15H2,1-2H3,(H,30,34)(H,31,33)/t22-/m0/s1. The van der Waals surface area contributed by atoms with Gasteiger partial charge in [0.15, 0.2) is 0 Å². The van der Waals surface area contributed by atoms with Gasteiger partial charge in [0.1, 0.15) is 6.04 Å². The minimum absolute atomic E-state index is 0.169. The molecule has 36 heavy (non-hydrogen) atoms. The zero-order valence-electron chi connectivity index (χ0n) is 20.2. The second kappa shape index (κ2) is 12.0. The molecule has 0 aliphatic carbocycles. The number of hydrogen-bond acceptors (Lipinski definition) is 4. The van der Waals surface area contributed by atoms with Crippen molar-refractivity contribution in [1.29, 1.82) is 0 Å². The zero-order valence-corrected chi connectivity index (χ0v) is 20.2. The summed E-state index contributed by atoms with van der Waals surface area (Å²) in [5, 5.41) is 5.63. The SMILES string of the molecule is COCCNC(=O)[C@@H](NC(=O)c1cccc(C)c1)C1CCN(C(=O)c2ccc(C(F)(F)F)cc2)CC1. The number of ether oxygens (including phenoxy) is 1. The van der Waals surface area contributed by atoms with E-state index in [1.807, 2.05) is 13.0 Å². The van der Waals surface area contributed by atoms with Gasteiger partial charge in [0, 0.05) is 37.9 Å². The molecule has 1 heterocycles. The van der Waals surface area contributed by atoms with E-state index in [4.69, 9.17) is 4.74 Å². The van der Waals surface area contributed by atoms with E-state index in [0.29, 0.717) is 38.1 Å². The highest BCUT2D eigenvalue weighted by Gasteiger charge is 2.35. The first-order valence-corrected chi connectivity index (χ1v) is 11.7. The van der Waals surface area contributed by atoms with Gasteiger partial charge < -0.3 is 20.3 Å². The number of carbonyl (C=O) groups is 3. The van der Waals surface area contributed by atoms with Crippen molar-refractivity contribution in [3.8, 4) is 0 Å². The molecule has 0 saturated carbocycles. The van der Waals surface area contributed by atoms with Crippen molar-refractivity contribution in [2.45, 2.75) is 32.0 Å². The van der Waals surface area contributed by atoms with E-state index in [1.54, 1.807) is 23.1 Å². The van der Waals surface area contributed by atoms with Crippen LogP contribution in [-0.2, 0) is 15.7 Å². The molecule has 0 spiro atoms. The van der Waals surface area contributed by atoms with Gasteiger partial charge in [-0.1, -0.05) is 17.7 Å². The number of carbonyl (C=O) groups excluding carboxylic acids is 3. The molecule has 3 amide bonds. The number of amides is 3. The summed E-state index contributed by atoms with van der Waals surface area (Å²) in [4.78, 5) is 40.2. The number of aryl methyl sites for hydroxylation is 1. The summed E-state index contributed by atoms with van der Waals surface area (Å²) >= 11 is 0. The van der Waals surface area contributed by atoms with Crippen LogP contribution in [0.15, 0.2) is 48.5 Å². The number of piperidine rings is 1. The second-order valence-electron chi connectivity index (χ2n) is 8.81. The molecule has 1 atom stereocenters. The Hall–Kier alpha value is -3.40. The van der Waals surface area contributed by atoms with Crippen LogP contribution in [0.2, 0.25) is 0 Å². The summed E-state index contributed by atoms with van der Waals surface area (Å²) in [7, 11) is 1.52. The largest absolute Gasteiger partial charge is 0.416 e. The number of rotatable bonds is 8. The van der Waals surface area contributed by atoms with E-state index < -0.39 is 17.8 Å². The Bertz CT molecular complexity index is 1060. The van der Waals surface area contributed by atoms with Crippen LogP contribution in [0.4, 0.5) is 13.2 Å². The molecule has 1 aliphatic heterocycles. The van der Waals surface area contributed by atoms with Crippen LogP contribution >= 0.6 is 0 Å². The Labute approximate surface area is 208 Å². The molecular weight excluding hydrogens is 475 g/mol. The molecule has 0 radical (unpaired) electrons. The Morgan fingerprint density at radius 1 is 1.06 bits per heavy atom. The van der Waals surface area contributed by atoms with Crippen molar-refractivity contribution in [3.05, 3.63) is 70.8 Å². The van der Waals surface area contributed by atoms with Crippen LogP contribution < -0.4 is 10.6 Å². The van der Waals surface area contributed by atoms with Gasteiger partial charge in [0.25, 0.3) is 11.8 Å². The lowest BCUT2D eigenvalue weighted by atomic mass is 9.88.